The topological polar surface area (TPSA) is 78.9 Å². The summed E-state index contributed by atoms with van der Waals surface area (Å²) < 4.78 is 16.7. The van der Waals surface area contributed by atoms with Gasteiger partial charge in [0.2, 0.25) is 0 Å². The standard InChI is InChI=1S/C59H94O6/c1-4-7-10-13-16-19-22-24-26-27-28-29-30-31-32-33-34-36-37-40-43-46-49-52-58(61)64-55-56(54-63-57(60)51-48-45-42-39-21-18-15-12-9-6-3)65-59(62)53-50-47-44-41-38-35-25-23-20-17-14-11-8-5-2/h7,10,12,14-17,19,23-26,28-29,31-32,34,36,40,43,56H,4-6,8-9,11,13,18,20-22,27,30,33,35,37-39,41-42,44-55H2,1-3H3/b10-7-,15-12-,17-14-,19-16-,25-23-,26-24-,29-28-,32-31-,36-34-,43-40-. The van der Waals surface area contributed by atoms with Gasteiger partial charge in [0.15, 0.2) is 6.10 Å². The summed E-state index contributed by atoms with van der Waals surface area (Å²) in [5, 5.41) is 0. The van der Waals surface area contributed by atoms with Gasteiger partial charge in [-0.1, -0.05) is 200 Å². The molecule has 0 fully saturated rings. The monoisotopic (exact) mass is 899 g/mol. The second-order valence-corrected chi connectivity index (χ2v) is 16.7. The number of rotatable bonds is 45. The minimum atomic E-state index is -0.814. The van der Waals surface area contributed by atoms with Gasteiger partial charge in [-0.2, -0.15) is 0 Å². The van der Waals surface area contributed by atoms with E-state index in [9.17, 15) is 14.4 Å². The van der Waals surface area contributed by atoms with Crippen molar-refractivity contribution >= 4 is 17.9 Å². The normalized spacial score (nSPS) is 13.1. The van der Waals surface area contributed by atoms with Crippen LogP contribution < -0.4 is 0 Å². The first-order valence-electron chi connectivity index (χ1n) is 26.0. The summed E-state index contributed by atoms with van der Waals surface area (Å²) >= 11 is 0. The van der Waals surface area contributed by atoms with E-state index in [0.717, 1.165) is 135 Å². The maximum atomic E-state index is 12.8. The van der Waals surface area contributed by atoms with Crippen molar-refractivity contribution in [1.29, 1.82) is 0 Å². The van der Waals surface area contributed by atoms with E-state index in [1.165, 1.54) is 32.1 Å². The second kappa shape index (κ2) is 52.4. The van der Waals surface area contributed by atoms with Crippen molar-refractivity contribution in [2.75, 3.05) is 13.2 Å². The Morgan fingerprint density at radius 2 is 0.646 bits per heavy atom. The van der Waals surface area contributed by atoms with Crippen LogP contribution in [0.1, 0.15) is 213 Å². The molecule has 1 unspecified atom stereocenters. The highest BCUT2D eigenvalue weighted by Gasteiger charge is 2.19. The number of unbranched alkanes of at least 4 members (excludes halogenated alkanes) is 14. The van der Waals surface area contributed by atoms with Crippen molar-refractivity contribution in [1.82, 2.24) is 0 Å². The van der Waals surface area contributed by atoms with Gasteiger partial charge in [0, 0.05) is 19.3 Å². The smallest absolute Gasteiger partial charge is 0.306 e. The molecular formula is C59H94O6. The van der Waals surface area contributed by atoms with E-state index < -0.39 is 6.10 Å². The van der Waals surface area contributed by atoms with Crippen LogP contribution in [0.15, 0.2) is 122 Å². The minimum absolute atomic E-state index is 0.110. The van der Waals surface area contributed by atoms with Crippen LogP contribution in [-0.4, -0.2) is 37.2 Å². The van der Waals surface area contributed by atoms with Gasteiger partial charge in [0.05, 0.1) is 0 Å². The summed E-state index contributed by atoms with van der Waals surface area (Å²) in [5.74, 6) is -1.01. The van der Waals surface area contributed by atoms with Gasteiger partial charge in [-0.25, -0.2) is 0 Å². The molecule has 0 saturated carbocycles. The van der Waals surface area contributed by atoms with Crippen LogP contribution in [0.25, 0.3) is 0 Å². The van der Waals surface area contributed by atoms with Crippen molar-refractivity contribution in [2.24, 2.45) is 0 Å². The maximum Gasteiger partial charge on any atom is 0.306 e. The molecule has 0 spiro atoms. The third-order valence-corrected chi connectivity index (χ3v) is 10.4. The lowest BCUT2D eigenvalue weighted by Crippen LogP contribution is -2.30. The van der Waals surface area contributed by atoms with Crippen molar-refractivity contribution in [3.63, 3.8) is 0 Å². The van der Waals surface area contributed by atoms with Gasteiger partial charge in [0.1, 0.15) is 13.2 Å². The lowest BCUT2D eigenvalue weighted by atomic mass is 10.1. The molecule has 0 heterocycles. The van der Waals surface area contributed by atoms with E-state index in [1.807, 2.05) is 0 Å². The number of hydrogen-bond acceptors (Lipinski definition) is 6. The average molecular weight is 899 g/mol. The number of carbonyl (C=O) groups is 3. The lowest BCUT2D eigenvalue weighted by Gasteiger charge is -2.18. The summed E-state index contributed by atoms with van der Waals surface area (Å²) in [5.41, 5.74) is 0. The molecule has 0 bridgehead atoms. The molecule has 0 rings (SSSR count). The average Bonchev–Trinajstić information content (AvgIpc) is 3.30. The number of allylic oxidation sites excluding steroid dienone is 20. The quantitative estimate of drug-likeness (QED) is 0.0262. The van der Waals surface area contributed by atoms with E-state index >= 15 is 0 Å². The number of esters is 3. The van der Waals surface area contributed by atoms with Crippen molar-refractivity contribution in [3.8, 4) is 0 Å². The number of ether oxygens (including phenoxy) is 3. The molecule has 0 aliphatic heterocycles. The van der Waals surface area contributed by atoms with Crippen LogP contribution in [0.2, 0.25) is 0 Å². The van der Waals surface area contributed by atoms with Crippen LogP contribution in [0.3, 0.4) is 0 Å². The fourth-order valence-electron chi connectivity index (χ4n) is 6.51. The zero-order chi connectivity index (χ0) is 47.2. The summed E-state index contributed by atoms with van der Waals surface area (Å²) in [6, 6.07) is 0. The minimum Gasteiger partial charge on any atom is -0.462 e. The Kier molecular flexibility index (Phi) is 49.1. The second-order valence-electron chi connectivity index (χ2n) is 16.7. The molecule has 1 atom stereocenters. The van der Waals surface area contributed by atoms with Crippen LogP contribution in [0.4, 0.5) is 0 Å². The fraction of sp³-hybridized carbons (Fsp3) is 0.610. The van der Waals surface area contributed by atoms with Gasteiger partial charge < -0.3 is 14.2 Å². The molecule has 0 aromatic heterocycles. The van der Waals surface area contributed by atoms with Gasteiger partial charge >= 0.3 is 17.9 Å². The highest BCUT2D eigenvalue weighted by atomic mass is 16.6. The Morgan fingerprint density at radius 1 is 0.323 bits per heavy atom. The molecular weight excluding hydrogens is 805 g/mol. The van der Waals surface area contributed by atoms with Crippen LogP contribution in [0, 0.1) is 0 Å². The molecule has 0 amide bonds. The molecule has 0 aliphatic carbocycles. The first-order chi connectivity index (χ1) is 32.0. The van der Waals surface area contributed by atoms with Crippen LogP contribution in [0.5, 0.6) is 0 Å². The predicted molar refractivity (Wildman–Crippen MR) is 279 cm³/mol. The third-order valence-electron chi connectivity index (χ3n) is 10.4. The predicted octanol–water partition coefficient (Wildman–Crippen LogP) is 17.3. The molecule has 0 aromatic rings. The van der Waals surface area contributed by atoms with Gasteiger partial charge in [-0.15, -0.1) is 0 Å². The van der Waals surface area contributed by atoms with E-state index in [4.69, 9.17) is 14.2 Å². The molecule has 0 N–H and O–H groups in total. The summed E-state index contributed by atoms with van der Waals surface area (Å²) in [6.45, 7) is 6.33. The maximum absolute atomic E-state index is 12.8. The Bertz CT molecular complexity index is 1400. The molecule has 0 aliphatic rings. The van der Waals surface area contributed by atoms with Gasteiger partial charge in [-0.05, 0) is 116 Å². The highest BCUT2D eigenvalue weighted by molar-refractivity contribution is 5.71. The molecule has 6 heteroatoms. The Morgan fingerprint density at radius 3 is 1.08 bits per heavy atom. The first-order valence-corrected chi connectivity index (χ1v) is 26.0. The van der Waals surface area contributed by atoms with E-state index in [1.54, 1.807) is 0 Å². The Balaban J connectivity index is 4.47. The van der Waals surface area contributed by atoms with Crippen LogP contribution >= 0.6 is 0 Å². The SMILES string of the molecule is CC/C=C\C/C=C\C/C=C\C/C=C\C/C=C\C/C=C\C/C=C\CCCC(=O)OCC(COC(=O)CCCCCCC/C=C\CCC)OC(=O)CCCCCCC/C=C\C/C=C\CCCC. The number of carbonyl (C=O) groups excluding carboxylic acids is 3. The highest BCUT2D eigenvalue weighted by Crippen LogP contribution is 2.12. The van der Waals surface area contributed by atoms with Crippen LogP contribution in [-0.2, 0) is 28.6 Å². The Labute approximate surface area is 399 Å². The van der Waals surface area contributed by atoms with E-state index in [2.05, 4.69) is 142 Å². The van der Waals surface area contributed by atoms with Gasteiger partial charge in [0.25, 0.3) is 0 Å². The summed E-state index contributed by atoms with van der Waals surface area (Å²) in [4.78, 5) is 37.9. The number of hydrogen-bond donors (Lipinski definition) is 0. The molecule has 65 heavy (non-hydrogen) atoms. The van der Waals surface area contributed by atoms with E-state index in [-0.39, 0.29) is 37.5 Å². The largest absolute Gasteiger partial charge is 0.462 e. The molecule has 0 radical (unpaired) electrons. The summed E-state index contributed by atoms with van der Waals surface area (Å²) in [7, 11) is 0. The zero-order valence-electron chi connectivity index (χ0n) is 41.7. The van der Waals surface area contributed by atoms with Gasteiger partial charge in [-0.3, -0.25) is 14.4 Å². The Hall–Kier alpha value is -4.19. The van der Waals surface area contributed by atoms with E-state index in [0.29, 0.717) is 19.3 Å². The first kappa shape index (κ1) is 60.8. The lowest BCUT2D eigenvalue weighted by molar-refractivity contribution is -0.167. The fourth-order valence-corrected chi connectivity index (χ4v) is 6.51. The molecule has 366 valence electrons. The molecule has 6 nitrogen and oxygen atoms in total. The molecule has 0 saturated heterocycles. The van der Waals surface area contributed by atoms with Crippen molar-refractivity contribution < 1.29 is 28.6 Å². The zero-order valence-corrected chi connectivity index (χ0v) is 41.7. The summed E-state index contributed by atoms with van der Waals surface area (Å²) in [6.07, 6.45) is 71.9. The van der Waals surface area contributed by atoms with Crippen molar-refractivity contribution in [3.05, 3.63) is 122 Å². The van der Waals surface area contributed by atoms with Crippen molar-refractivity contribution in [2.45, 2.75) is 219 Å². The third kappa shape index (κ3) is 50.7. The molecule has 0 aromatic carbocycles.